The van der Waals surface area contributed by atoms with E-state index in [1.807, 2.05) is 31.2 Å². The topological polar surface area (TPSA) is 42.2 Å². The number of para-hydroxylation sites is 1. The number of aromatic nitrogens is 1. The van der Waals surface area contributed by atoms with Gasteiger partial charge < -0.3 is 5.11 Å². The van der Waals surface area contributed by atoms with Crippen molar-refractivity contribution >= 4 is 21.6 Å². The number of hydrogen-bond acceptors (Lipinski definition) is 3. The molecule has 2 aromatic rings. The first kappa shape index (κ1) is 10.4. The standard InChI is InChI=1S/C11H13NO2S/c1-8(7-13)6-12-9-4-2-3-5-10(9)15-11(12)14/h2-5,8,13H,6-7H2,1H3/t8-/m0/s1. The van der Waals surface area contributed by atoms with Gasteiger partial charge in [-0.15, -0.1) is 0 Å². The summed E-state index contributed by atoms with van der Waals surface area (Å²) in [7, 11) is 0. The molecule has 0 fully saturated rings. The summed E-state index contributed by atoms with van der Waals surface area (Å²) in [6.07, 6.45) is 0. The minimum absolute atomic E-state index is 0.0523. The number of rotatable bonds is 3. The van der Waals surface area contributed by atoms with Crippen LogP contribution in [-0.4, -0.2) is 16.3 Å². The fraction of sp³-hybridized carbons (Fsp3) is 0.364. The van der Waals surface area contributed by atoms with E-state index >= 15 is 0 Å². The minimum Gasteiger partial charge on any atom is -0.396 e. The van der Waals surface area contributed by atoms with E-state index in [0.717, 1.165) is 10.2 Å². The molecule has 1 aromatic carbocycles. The van der Waals surface area contributed by atoms with Crippen molar-refractivity contribution in [1.29, 1.82) is 0 Å². The molecule has 1 heterocycles. The number of nitrogens with zero attached hydrogens (tertiary/aromatic N) is 1. The van der Waals surface area contributed by atoms with Crippen LogP contribution < -0.4 is 4.87 Å². The summed E-state index contributed by atoms with van der Waals surface area (Å²) in [6, 6.07) is 7.74. The molecule has 0 aliphatic rings. The summed E-state index contributed by atoms with van der Waals surface area (Å²) in [5.41, 5.74) is 0.966. The van der Waals surface area contributed by atoms with Crippen LogP contribution in [0.3, 0.4) is 0 Å². The molecule has 0 saturated carbocycles. The maximum atomic E-state index is 11.7. The fourth-order valence-corrected chi connectivity index (χ4v) is 2.46. The number of hydrogen-bond donors (Lipinski definition) is 1. The van der Waals surface area contributed by atoms with E-state index in [-0.39, 0.29) is 17.4 Å². The molecule has 2 rings (SSSR count). The zero-order valence-corrected chi connectivity index (χ0v) is 9.33. The molecule has 1 N–H and O–H groups in total. The summed E-state index contributed by atoms with van der Waals surface area (Å²) in [6.45, 7) is 2.62. The van der Waals surface area contributed by atoms with E-state index in [2.05, 4.69) is 0 Å². The summed E-state index contributed by atoms with van der Waals surface area (Å²) < 4.78 is 2.74. The second-order valence-corrected chi connectivity index (χ2v) is 4.73. The summed E-state index contributed by atoms with van der Waals surface area (Å²) in [5.74, 6) is 0.112. The Labute approximate surface area is 91.6 Å². The Morgan fingerprint density at radius 3 is 2.93 bits per heavy atom. The van der Waals surface area contributed by atoms with Gasteiger partial charge in [0.05, 0.1) is 10.2 Å². The molecular weight excluding hydrogens is 210 g/mol. The van der Waals surface area contributed by atoms with Crippen LogP contribution in [0.25, 0.3) is 10.2 Å². The lowest BCUT2D eigenvalue weighted by atomic mass is 10.2. The molecule has 0 radical (unpaired) electrons. The Bertz CT molecular complexity index is 515. The van der Waals surface area contributed by atoms with Gasteiger partial charge in [-0.05, 0) is 18.1 Å². The molecule has 4 heteroatoms. The van der Waals surface area contributed by atoms with Crippen LogP contribution in [0.5, 0.6) is 0 Å². The van der Waals surface area contributed by atoms with Gasteiger partial charge in [0.2, 0.25) is 0 Å². The lowest BCUT2D eigenvalue weighted by Gasteiger charge is -2.08. The number of aliphatic hydroxyl groups excluding tert-OH is 1. The molecule has 15 heavy (non-hydrogen) atoms. The van der Waals surface area contributed by atoms with E-state index in [9.17, 15) is 4.79 Å². The van der Waals surface area contributed by atoms with Gasteiger partial charge in [0.25, 0.3) is 0 Å². The van der Waals surface area contributed by atoms with Crippen molar-refractivity contribution in [3.05, 3.63) is 33.9 Å². The van der Waals surface area contributed by atoms with Gasteiger partial charge in [0.15, 0.2) is 0 Å². The van der Waals surface area contributed by atoms with E-state index in [1.54, 1.807) is 4.57 Å². The van der Waals surface area contributed by atoms with Crippen LogP contribution in [0, 0.1) is 5.92 Å². The van der Waals surface area contributed by atoms with Crippen LogP contribution in [-0.2, 0) is 6.54 Å². The molecule has 0 saturated heterocycles. The predicted octanol–water partition coefficient (Wildman–Crippen LogP) is 1.69. The zero-order chi connectivity index (χ0) is 10.8. The van der Waals surface area contributed by atoms with E-state index in [4.69, 9.17) is 5.11 Å². The smallest absolute Gasteiger partial charge is 0.308 e. The molecule has 0 aliphatic heterocycles. The molecule has 0 spiro atoms. The fourth-order valence-electron chi connectivity index (χ4n) is 1.56. The molecule has 3 nitrogen and oxygen atoms in total. The maximum absolute atomic E-state index is 11.7. The highest BCUT2D eigenvalue weighted by molar-refractivity contribution is 7.16. The van der Waals surface area contributed by atoms with Gasteiger partial charge in [-0.3, -0.25) is 9.36 Å². The molecule has 0 amide bonds. The van der Waals surface area contributed by atoms with Crippen LogP contribution in [0.4, 0.5) is 0 Å². The molecule has 0 bridgehead atoms. The second-order valence-electron chi connectivity index (χ2n) is 3.73. The molecule has 1 atom stereocenters. The zero-order valence-electron chi connectivity index (χ0n) is 8.51. The highest BCUT2D eigenvalue weighted by Crippen LogP contribution is 2.17. The maximum Gasteiger partial charge on any atom is 0.308 e. The summed E-state index contributed by atoms with van der Waals surface area (Å²) in [4.78, 5) is 11.7. The number of thiazole rings is 1. The van der Waals surface area contributed by atoms with Crippen LogP contribution in [0.1, 0.15) is 6.92 Å². The Morgan fingerprint density at radius 2 is 2.20 bits per heavy atom. The van der Waals surface area contributed by atoms with Crippen molar-refractivity contribution < 1.29 is 5.11 Å². The normalized spacial score (nSPS) is 13.2. The van der Waals surface area contributed by atoms with Crippen molar-refractivity contribution in [2.24, 2.45) is 5.92 Å². The van der Waals surface area contributed by atoms with Gasteiger partial charge in [-0.1, -0.05) is 30.4 Å². The summed E-state index contributed by atoms with van der Waals surface area (Å²) >= 11 is 1.26. The first-order valence-electron chi connectivity index (χ1n) is 4.91. The lowest BCUT2D eigenvalue weighted by molar-refractivity contribution is 0.223. The van der Waals surface area contributed by atoms with Crippen LogP contribution in [0.15, 0.2) is 29.1 Å². The Hall–Kier alpha value is -1.13. The van der Waals surface area contributed by atoms with Crippen LogP contribution >= 0.6 is 11.3 Å². The van der Waals surface area contributed by atoms with E-state index in [0.29, 0.717) is 6.54 Å². The molecule has 0 unspecified atom stereocenters. The third kappa shape index (κ3) is 1.96. The Morgan fingerprint density at radius 1 is 1.47 bits per heavy atom. The average Bonchev–Trinajstić information content (AvgIpc) is 2.55. The van der Waals surface area contributed by atoms with E-state index < -0.39 is 0 Å². The first-order chi connectivity index (χ1) is 7.22. The molecular formula is C11H13NO2S. The number of fused-ring (bicyclic) bond motifs is 1. The quantitative estimate of drug-likeness (QED) is 0.860. The highest BCUT2D eigenvalue weighted by atomic mass is 32.1. The van der Waals surface area contributed by atoms with Gasteiger partial charge in [-0.2, -0.15) is 0 Å². The monoisotopic (exact) mass is 223 g/mol. The SMILES string of the molecule is C[C@H](CO)Cn1c(=O)sc2ccccc21. The number of aliphatic hydroxyl groups is 1. The van der Waals surface area contributed by atoms with Crippen molar-refractivity contribution in [2.45, 2.75) is 13.5 Å². The predicted molar refractivity (Wildman–Crippen MR) is 62.3 cm³/mol. The Kier molecular flexibility index (Phi) is 2.88. The third-order valence-corrected chi connectivity index (χ3v) is 3.34. The first-order valence-corrected chi connectivity index (χ1v) is 5.73. The molecule has 1 aromatic heterocycles. The summed E-state index contributed by atoms with van der Waals surface area (Å²) in [5, 5.41) is 8.98. The van der Waals surface area contributed by atoms with Gasteiger partial charge in [-0.25, -0.2) is 0 Å². The molecule has 80 valence electrons. The minimum atomic E-state index is 0.0523. The Balaban J connectivity index is 2.50. The average molecular weight is 223 g/mol. The highest BCUT2D eigenvalue weighted by Gasteiger charge is 2.09. The van der Waals surface area contributed by atoms with Crippen molar-refractivity contribution in [3.8, 4) is 0 Å². The van der Waals surface area contributed by atoms with Gasteiger partial charge >= 0.3 is 4.87 Å². The molecule has 0 aliphatic carbocycles. The van der Waals surface area contributed by atoms with E-state index in [1.165, 1.54) is 11.3 Å². The van der Waals surface area contributed by atoms with Crippen molar-refractivity contribution in [3.63, 3.8) is 0 Å². The third-order valence-electron chi connectivity index (χ3n) is 2.38. The number of benzene rings is 1. The van der Waals surface area contributed by atoms with Crippen molar-refractivity contribution in [2.75, 3.05) is 6.61 Å². The largest absolute Gasteiger partial charge is 0.396 e. The lowest BCUT2D eigenvalue weighted by Crippen LogP contribution is -2.19. The van der Waals surface area contributed by atoms with Crippen molar-refractivity contribution in [1.82, 2.24) is 4.57 Å². The van der Waals surface area contributed by atoms with Crippen LogP contribution in [0.2, 0.25) is 0 Å². The second kappa shape index (κ2) is 4.16. The van der Waals surface area contributed by atoms with Gasteiger partial charge in [0, 0.05) is 13.2 Å². The van der Waals surface area contributed by atoms with Gasteiger partial charge in [0.1, 0.15) is 0 Å².